The average molecular weight is 170 g/mol. The molecule has 2 heteroatoms. The van der Waals surface area contributed by atoms with Crippen molar-refractivity contribution >= 4 is 0 Å². The number of hydrogen-bond acceptors (Lipinski definition) is 2. The fourth-order valence-corrected chi connectivity index (χ4v) is 2.03. The smallest absolute Gasteiger partial charge is 0.00790 e. The van der Waals surface area contributed by atoms with Gasteiger partial charge in [0, 0.05) is 12.1 Å². The van der Waals surface area contributed by atoms with Gasteiger partial charge in [-0.3, -0.25) is 0 Å². The SMILES string of the molecule is CCC(CCN)NC1CCCC1. The summed E-state index contributed by atoms with van der Waals surface area (Å²) in [5, 5.41) is 3.69. The van der Waals surface area contributed by atoms with Gasteiger partial charge < -0.3 is 11.1 Å². The highest BCUT2D eigenvalue weighted by Crippen LogP contribution is 2.18. The molecule has 1 aliphatic carbocycles. The molecule has 0 aromatic carbocycles. The zero-order chi connectivity index (χ0) is 8.81. The van der Waals surface area contributed by atoms with Crippen molar-refractivity contribution in [1.29, 1.82) is 0 Å². The van der Waals surface area contributed by atoms with Crippen LogP contribution in [0.25, 0.3) is 0 Å². The van der Waals surface area contributed by atoms with Gasteiger partial charge in [-0.2, -0.15) is 0 Å². The van der Waals surface area contributed by atoms with Crippen molar-refractivity contribution in [1.82, 2.24) is 5.32 Å². The molecule has 0 aliphatic heterocycles. The molecule has 0 radical (unpaired) electrons. The summed E-state index contributed by atoms with van der Waals surface area (Å²) in [6.07, 6.45) is 7.93. The fraction of sp³-hybridized carbons (Fsp3) is 1.00. The first-order valence-corrected chi connectivity index (χ1v) is 5.33. The Morgan fingerprint density at radius 3 is 2.58 bits per heavy atom. The number of nitrogens with one attached hydrogen (secondary N) is 1. The second-order valence-corrected chi connectivity index (χ2v) is 3.83. The Morgan fingerprint density at radius 2 is 2.08 bits per heavy atom. The molecular formula is C10H22N2. The van der Waals surface area contributed by atoms with Gasteiger partial charge in [-0.05, 0) is 32.2 Å². The van der Waals surface area contributed by atoms with Crippen LogP contribution in [0.1, 0.15) is 45.4 Å². The molecule has 72 valence electrons. The van der Waals surface area contributed by atoms with Crippen LogP contribution in [0.4, 0.5) is 0 Å². The molecule has 3 N–H and O–H groups in total. The molecule has 0 aromatic heterocycles. The van der Waals surface area contributed by atoms with E-state index in [0.29, 0.717) is 6.04 Å². The summed E-state index contributed by atoms with van der Waals surface area (Å²) >= 11 is 0. The molecule has 1 atom stereocenters. The highest BCUT2D eigenvalue weighted by Gasteiger charge is 2.17. The minimum Gasteiger partial charge on any atom is -0.330 e. The molecule has 0 spiro atoms. The molecule has 0 aromatic rings. The normalized spacial score (nSPS) is 21.5. The summed E-state index contributed by atoms with van der Waals surface area (Å²) < 4.78 is 0. The molecule has 1 rings (SSSR count). The van der Waals surface area contributed by atoms with Crippen LogP contribution in [-0.2, 0) is 0 Å². The quantitative estimate of drug-likeness (QED) is 0.658. The Hall–Kier alpha value is -0.0800. The monoisotopic (exact) mass is 170 g/mol. The van der Waals surface area contributed by atoms with Gasteiger partial charge >= 0.3 is 0 Å². The zero-order valence-corrected chi connectivity index (χ0v) is 8.18. The van der Waals surface area contributed by atoms with Crippen LogP contribution in [0.2, 0.25) is 0 Å². The van der Waals surface area contributed by atoms with Crippen molar-refractivity contribution in [3.63, 3.8) is 0 Å². The van der Waals surface area contributed by atoms with Crippen LogP contribution in [0.5, 0.6) is 0 Å². The molecule has 1 unspecified atom stereocenters. The maximum atomic E-state index is 5.54. The predicted octanol–water partition coefficient (Wildman–Crippen LogP) is 1.65. The lowest BCUT2D eigenvalue weighted by Crippen LogP contribution is -2.37. The van der Waals surface area contributed by atoms with E-state index in [1.807, 2.05) is 0 Å². The van der Waals surface area contributed by atoms with Gasteiger partial charge in [0.25, 0.3) is 0 Å². The van der Waals surface area contributed by atoms with Crippen LogP contribution in [0.3, 0.4) is 0 Å². The van der Waals surface area contributed by atoms with Gasteiger partial charge in [-0.15, -0.1) is 0 Å². The first-order valence-electron chi connectivity index (χ1n) is 5.33. The number of nitrogens with two attached hydrogens (primary N) is 1. The molecule has 0 amide bonds. The first kappa shape index (κ1) is 10.0. The van der Waals surface area contributed by atoms with Crippen molar-refractivity contribution in [2.75, 3.05) is 6.54 Å². The predicted molar refractivity (Wildman–Crippen MR) is 53.1 cm³/mol. The Labute approximate surface area is 75.9 Å². The first-order chi connectivity index (χ1) is 5.86. The van der Waals surface area contributed by atoms with E-state index in [1.54, 1.807) is 0 Å². The van der Waals surface area contributed by atoms with Gasteiger partial charge in [-0.25, -0.2) is 0 Å². The molecule has 0 saturated heterocycles. The van der Waals surface area contributed by atoms with Crippen molar-refractivity contribution in [3.05, 3.63) is 0 Å². The topological polar surface area (TPSA) is 38.0 Å². The fourth-order valence-electron chi connectivity index (χ4n) is 2.03. The summed E-state index contributed by atoms with van der Waals surface area (Å²) in [6, 6.07) is 1.46. The minimum absolute atomic E-state index is 0.665. The summed E-state index contributed by atoms with van der Waals surface area (Å²) in [7, 11) is 0. The second kappa shape index (κ2) is 5.55. The van der Waals surface area contributed by atoms with Gasteiger partial charge in [0.05, 0.1) is 0 Å². The molecule has 2 nitrogen and oxygen atoms in total. The third kappa shape index (κ3) is 3.11. The van der Waals surface area contributed by atoms with E-state index < -0.39 is 0 Å². The van der Waals surface area contributed by atoms with Crippen LogP contribution in [-0.4, -0.2) is 18.6 Å². The van der Waals surface area contributed by atoms with Crippen LogP contribution in [0, 0.1) is 0 Å². The zero-order valence-electron chi connectivity index (χ0n) is 8.18. The standard InChI is InChI=1S/C10H22N2/c1-2-9(7-8-11)12-10-5-3-4-6-10/h9-10,12H,2-8,11H2,1H3. The average Bonchev–Trinajstić information content (AvgIpc) is 2.56. The van der Waals surface area contributed by atoms with Crippen LogP contribution in [0.15, 0.2) is 0 Å². The summed E-state index contributed by atoms with van der Waals surface area (Å²) in [6.45, 7) is 3.06. The summed E-state index contributed by atoms with van der Waals surface area (Å²) in [5.41, 5.74) is 5.54. The molecule has 12 heavy (non-hydrogen) atoms. The lowest BCUT2D eigenvalue weighted by atomic mass is 10.1. The molecular weight excluding hydrogens is 148 g/mol. The Balaban J connectivity index is 2.16. The lowest BCUT2D eigenvalue weighted by molar-refractivity contribution is 0.404. The van der Waals surface area contributed by atoms with E-state index in [0.717, 1.165) is 19.0 Å². The maximum absolute atomic E-state index is 5.54. The van der Waals surface area contributed by atoms with Crippen molar-refractivity contribution in [2.24, 2.45) is 5.73 Å². The Kier molecular flexibility index (Phi) is 4.62. The van der Waals surface area contributed by atoms with E-state index in [2.05, 4.69) is 12.2 Å². The molecule has 0 bridgehead atoms. The molecule has 1 fully saturated rings. The number of rotatable bonds is 5. The van der Waals surface area contributed by atoms with E-state index in [1.165, 1.54) is 32.1 Å². The maximum Gasteiger partial charge on any atom is 0.00790 e. The van der Waals surface area contributed by atoms with Crippen LogP contribution < -0.4 is 11.1 Å². The number of hydrogen-bond donors (Lipinski definition) is 2. The van der Waals surface area contributed by atoms with Crippen molar-refractivity contribution in [2.45, 2.75) is 57.5 Å². The van der Waals surface area contributed by atoms with E-state index in [-0.39, 0.29) is 0 Å². The third-order valence-corrected chi connectivity index (χ3v) is 2.83. The van der Waals surface area contributed by atoms with E-state index in [4.69, 9.17) is 5.73 Å². The van der Waals surface area contributed by atoms with E-state index in [9.17, 15) is 0 Å². The van der Waals surface area contributed by atoms with Gasteiger partial charge in [0.15, 0.2) is 0 Å². The highest BCUT2D eigenvalue weighted by molar-refractivity contribution is 4.78. The van der Waals surface area contributed by atoms with Crippen molar-refractivity contribution in [3.8, 4) is 0 Å². The van der Waals surface area contributed by atoms with E-state index >= 15 is 0 Å². The third-order valence-electron chi connectivity index (χ3n) is 2.83. The summed E-state index contributed by atoms with van der Waals surface area (Å²) in [5.74, 6) is 0. The van der Waals surface area contributed by atoms with Crippen molar-refractivity contribution < 1.29 is 0 Å². The lowest BCUT2D eigenvalue weighted by Gasteiger charge is -2.20. The van der Waals surface area contributed by atoms with Gasteiger partial charge in [-0.1, -0.05) is 19.8 Å². The molecule has 0 heterocycles. The molecule has 1 aliphatic rings. The second-order valence-electron chi connectivity index (χ2n) is 3.83. The Morgan fingerprint density at radius 1 is 1.42 bits per heavy atom. The largest absolute Gasteiger partial charge is 0.330 e. The Bertz CT molecular complexity index is 108. The van der Waals surface area contributed by atoms with Gasteiger partial charge in [0.2, 0.25) is 0 Å². The summed E-state index contributed by atoms with van der Waals surface area (Å²) in [4.78, 5) is 0. The molecule has 1 saturated carbocycles. The van der Waals surface area contributed by atoms with Crippen LogP contribution >= 0.6 is 0 Å². The van der Waals surface area contributed by atoms with Gasteiger partial charge in [0.1, 0.15) is 0 Å². The minimum atomic E-state index is 0.665. The highest BCUT2D eigenvalue weighted by atomic mass is 15.0.